The van der Waals surface area contributed by atoms with Crippen LogP contribution < -0.4 is 15.0 Å². The smallest absolute Gasteiger partial charge is 0.409 e. The van der Waals surface area contributed by atoms with E-state index in [0.717, 1.165) is 60.1 Å². The van der Waals surface area contributed by atoms with Crippen molar-refractivity contribution in [2.45, 2.75) is 66.6 Å². The minimum atomic E-state index is -4.33. The molecule has 0 spiro atoms. The van der Waals surface area contributed by atoms with Crippen LogP contribution >= 0.6 is 0 Å². The van der Waals surface area contributed by atoms with Crippen LogP contribution in [0.25, 0.3) is 0 Å². The van der Waals surface area contributed by atoms with Crippen LogP contribution in [0.4, 0.5) is 24.5 Å². The molecule has 7 heteroatoms. The topological polar surface area (TPSA) is 41.6 Å². The number of carbonyl (C=O) groups is 1. The molecule has 0 saturated carbocycles. The van der Waals surface area contributed by atoms with Crippen LogP contribution in [0.3, 0.4) is 0 Å². The number of ether oxygens (including phenoxy) is 1. The molecule has 0 aromatic heterocycles. The summed E-state index contributed by atoms with van der Waals surface area (Å²) in [6, 6.07) is 9.99. The maximum atomic E-state index is 12.5. The fraction of sp³-hybridized carbons (Fsp3) is 0.464. The molecule has 0 aliphatic carbocycles. The first-order chi connectivity index (χ1) is 16.3. The fourth-order valence-electron chi connectivity index (χ4n) is 4.36. The van der Waals surface area contributed by atoms with Gasteiger partial charge >= 0.3 is 6.18 Å². The van der Waals surface area contributed by atoms with Crippen LogP contribution in [0.2, 0.25) is 0 Å². The number of hydrogen-bond donors (Lipinski definition) is 1. The molecule has 0 saturated heterocycles. The predicted octanol–water partition coefficient (Wildman–Crippen LogP) is 7.13. The van der Waals surface area contributed by atoms with E-state index < -0.39 is 6.18 Å². The Hall–Kier alpha value is -2.96. The lowest BCUT2D eigenvalue weighted by Crippen LogP contribution is -2.23. The number of alkyl halides is 3. The lowest BCUT2D eigenvalue weighted by Gasteiger charge is -2.26. The molecule has 190 valence electrons. The normalized spacial score (nSPS) is 14.6. The number of fused-ring (bicyclic) bond motifs is 1. The van der Waals surface area contributed by atoms with Gasteiger partial charge in [0, 0.05) is 37.0 Å². The molecule has 35 heavy (non-hydrogen) atoms. The Kier molecular flexibility index (Phi) is 8.18. The van der Waals surface area contributed by atoms with Gasteiger partial charge in [-0.1, -0.05) is 26.8 Å². The number of halogens is 3. The van der Waals surface area contributed by atoms with Crippen LogP contribution in [0, 0.1) is 19.3 Å². The molecule has 0 fully saturated rings. The second-order valence-corrected chi connectivity index (χ2v) is 10.5. The zero-order valence-corrected chi connectivity index (χ0v) is 21.2. The van der Waals surface area contributed by atoms with Gasteiger partial charge in [-0.2, -0.15) is 13.2 Å². The van der Waals surface area contributed by atoms with Gasteiger partial charge in [0.2, 0.25) is 5.91 Å². The van der Waals surface area contributed by atoms with Crippen LogP contribution in [0.1, 0.15) is 55.9 Å². The second kappa shape index (κ2) is 10.8. The van der Waals surface area contributed by atoms with Gasteiger partial charge in [-0.3, -0.25) is 4.79 Å². The highest BCUT2D eigenvalue weighted by molar-refractivity contribution is 5.93. The molecule has 2 aromatic rings. The largest absolute Gasteiger partial charge is 0.490 e. The number of hydrogen-bond acceptors (Lipinski definition) is 3. The van der Waals surface area contributed by atoms with Gasteiger partial charge in [-0.15, -0.1) is 0 Å². The predicted molar refractivity (Wildman–Crippen MR) is 135 cm³/mol. The molecule has 0 unspecified atom stereocenters. The van der Waals surface area contributed by atoms with Crippen LogP contribution in [0.5, 0.6) is 5.75 Å². The van der Waals surface area contributed by atoms with Crippen LogP contribution in [-0.4, -0.2) is 25.2 Å². The van der Waals surface area contributed by atoms with Crippen molar-refractivity contribution in [3.05, 3.63) is 64.7 Å². The zero-order valence-electron chi connectivity index (χ0n) is 21.2. The molecule has 0 radical (unpaired) electrons. The maximum Gasteiger partial charge on any atom is 0.409 e. The lowest BCUT2D eigenvalue weighted by atomic mass is 9.92. The summed E-state index contributed by atoms with van der Waals surface area (Å²) >= 11 is 0. The Morgan fingerprint density at radius 2 is 1.77 bits per heavy atom. The molecule has 0 atom stereocenters. The Bertz CT molecular complexity index is 1060. The van der Waals surface area contributed by atoms with Gasteiger partial charge in [-0.05, 0) is 84.7 Å². The average molecular weight is 489 g/mol. The van der Waals surface area contributed by atoms with Crippen molar-refractivity contribution in [3.8, 4) is 5.75 Å². The number of rotatable bonds is 6. The van der Waals surface area contributed by atoms with Crippen molar-refractivity contribution in [1.29, 1.82) is 0 Å². The minimum Gasteiger partial charge on any atom is -0.490 e. The summed E-state index contributed by atoms with van der Waals surface area (Å²) in [6.45, 7) is 11.7. The molecular formula is C28H35F3N2O2. The van der Waals surface area contributed by atoms with Gasteiger partial charge in [0.05, 0.1) is 0 Å². The Balaban J connectivity index is 1.71. The van der Waals surface area contributed by atoms with Gasteiger partial charge < -0.3 is 15.0 Å². The first kappa shape index (κ1) is 26.6. The summed E-state index contributed by atoms with van der Waals surface area (Å²) in [5, 5.41) is 3.09. The highest BCUT2D eigenvalue weighted by atomic mass is 19.4. The molecule has 2 aromatic carbocycles. The van der Waals surface area contributed by atoms with E-state index in [-0.39, 0.29) is 24.0 Å². The van der Waals surface area contributed by atoms with E-state index in [0.29, 0.717) is 12.2 Å². The van der Waals surface area contributed by atoms with Crippen LogP contribution in [0.15, 0.2) is 42.5 Å². The van der Waals surface area contributed by atoms with Crippen molar-refractivity contribution in [3.63, 3.8) is 0 Å². The second-order valence-electron chi connectivity index (χ2n) is 10.5. The van der Waals surface area contributed by atoms with Gasteiger partial charge in [0.1, 0.15) is 12.4 Å². The standard InChI is InChI=1S/C28H35F3N2O2/c1-19-14-23(15-20(2)26(19)32-25(34)17-27(3,4)5)33-12-6-8-21-16-24(10-9-22(21)18-33)35-13-7-11-28(29,30)31/h7,9-11,14-16H,6,8,12-13,17-18H2,1-5H3,(H,32,34). The molecule has 1 amide bonds. The molecule has 1 aliphatic rings. The lowest BCUT2D eigenvalue weighted by molar-refractivity contribution is -0.117. The number of anilines is 2. The summed E-state index contributed by atoms with van der Waals surface area (Å²) in [5.41, 5.74) is 6.31. The summed E-state index contributed by atoms with van der Waals surface area (Å²) in [7, 11) is 0. The fourth-order valence-corrected chi connectivity index (χ4v) is 4.36. The van der Waals surface area contributed by atoms with Crippen molar-refractivity contribution < 1.29 is 22.7 Å². The molecule has 1 aliphatic heterocycles. The highest BCUT2D eigenvalue weighted by Gasteiger charge is 2.22. The average Bonchev–Trinajstić information content (AvgIpc) is 2.94. The quantitative estimate of drug-likeness (QED) is 0.440. The Morgan fingerprint density at radius 3 is 2.40 bits per heavy atom. The van der Waals surface area contributed by atoms with Crippen LogP contribution in [-0.2, 0) is 17.8 Å². The summed E-state index contributed by atoms with van der Waals surface area (Å²) < 4.78 is 42.2. The maximum absolute atomic E-state index is 12.5. The summed E-state index contributed by atoms with van der Waals surface area (Å²) in [6.07, 6.45) is -0.867. The van der Waals surface area contributed by atoms with E-state index in [9.17, 15) is 18.0 Å². The third-order valence-electron chi connectivity index (χ3n) is 5.90. The van der Waals surface area contributed by atoms with E-state index in [1.807, 2.05) is 52.8 Å². The molecule has 3 rings (SSSR count). The summed E-state index contributed by atoms with van der Waals surface area (Å²) in [4.78, 5) is 14.8. The van der Waals surface area contributed by atoms with Crippen molar-refractivity contribution >= 4 is 17.3 Å². The number of allylic oxidation sites excluding steroid dienone is 1. The minimum absolute atomic E-state index is 0.0204. The number of aryl methyl sites for hydroxylation is 3. The molecule has 0 bridgehead atoms. The monoisotopic (exact) mass is 488 g/mol. The first-order valence-corrected chi connectivity index (χ1v) is 12.0. The first-order valence-electron chi connectivity index (χ1n) is 12.0. The van der Waals surface area contributed by atoms with Gasteiger partial charge in [0.25, 0.3) is 0 Å². The van der Waals surface area contributed by atoms with E-state index >= 15 is 0 Å². The Labute approximate surface area is 206 Å². The number of nitrogens with zero attached hydrogens (tertiary/aromatic N) is 1. The van der Waals surface area contributed by atoms with E-state index in [1.54, 1.807) is 0 Å². The van der Waals surface area contributed by atoms with E-state index in [1.165, 1.54) is 5.56 Å². The third kappa shape index (κ3) is 8.05. The molecule has 4 nitrogen and oxygen atoms in total. The molecule has 1 N–H and O–H groups in total. The summed E-state index contributed by atoms with van der Waals surface area (Å²) in [5.74, 6) is 0.595. The van der Waals surface area contributed by atoms with Crippen molar-refractivity contribution in [1.82, 2.24) is 0 Å². The third-order valence-corrected chi connectivity index (χ3v) is 5.90. The number of carbonyl (C=O) groups excluding carboxylic acids is 1. The van der Waals surface area contributed by atoms with Crippen molar-refractivity contribution in [2.75, 3.05) is 23.4 Å². The van der Waals surface area contributed by atoms with Gasteiger partial charge in [0.15, 0.2) is 0 Å². The number of benzene rings is 2. The van der Waals surface area contributed by atoms with E-state index in [4.69, 9.17) is 4.74 Å². The zero-order chi connectivity index (χ0) is 25.8. The number of amides is 1. The molecule has 1 heterocycles. The Morgan fingerprint density at radius 1 is 1.09 bits per heavy atom. The SMILES string of the molecule is Cc1cc(N2CCCc3cc(OCC=CC(F)(F)F)ccc3C2)cc(C)c1NC(=O)CC(C)(C)C. The van der Waals surface area contributed by atoms with E-state index in [2.05, 4.69) is 22.3 Å². The van der Waals surface area contributed by atoms with Crippen molar-refractivity contribution in [2.24, 2.45) is 5.41 Å². The molecular weight excluding hydrogens is 453 g/mol. The highest BCUT2D eigenvalue weighted by Crippen LogP contribution is 2.32. The van der Waals surface area contributed by atoms with Gasteiger partial charge in [-0.25, -0.2) is 0 Å². The number of nitrogens with one attached hydrogen (secondary N) is 1.